The van der Waals surface area contributed by atoms with Crippen LogP contribution < -0.4 is 14.8 Å². The molecular formula is C18H29N3O4. The zero-order chi connectivity index (χ0) is 18.1. The highest BCUT2D eigenvalue weighted by molar-refractivity contribution is 5.76. The van der Waals surface area contributed by atoms with Crippen LogP contribution in [-0.4, -0.2) is 80.9 Å². The number of rotatable bonds is 9. The number of carbonyl (C=O) groups is 1. The molecule has 1 heterocycles. The van der Waals surface area contributed by atoms with Crippen LogP contribution in [-0.2, 0) is 11.3 Å². The van der Waals surface area contributed by atoms with E-state index in [1.54, 1.807) is 14.2 Å². The number of hydrogen-bond donors (Lipinski definition) is 2. The number of benzene rings is 1. The molecule has 0 radical (unpaired) electrons. The summed E-state index contributed by atoms with van der Waals surface area (Å²) in [6, 6.07) is 5.69. The molecule has 2 rings (SSSR count). The van der Waals surface area contributed by atoms with Gasteiger partial charge in [-0.2, -0.15) is 0 Å². The smallest absolute Gasteiger partial charge is 0.223 e. The third-order valence-electron chi connectivity index (χ3n) is 4.42. The summed E-state index contributed by atoms with van der Waals surface area (Å²) in [5.41, 5.74) is 1.01. The Bertz CT molecular complexity index is 547. The minimum atomic E-state index is 0.0558. The van der Waals surface area contributed by atoms with Crippen LogP contribution in [0.5, 0.6) is 11.5 Å². The second-order valence-corrected chi connectivity index (χ2v) is 6.06. The fourth-order valence-electron chi connectivity index (χ4n) is 2.96. The Kier molecular flexibility index (Phi) is 7.97. The maximum Gasteiger partial charge on any atom is 0.223 e. The van der Waals surface area contributed by atoms with Gasteiger partial charge in [0.1, 0.15) is 11.5 Å². The lowest BCUT2D eigenvalue weighted by Gasteiger charge is -2.29. The molecule has 0 atom stereocenters. The van der Waals surface area contributed by atoms with Crippen LogP contribution in [0.1, 0.15) is 12.0 Å². The third kappa shape index (κ3) is 5.88. The molecule has 140 valence electrons. The van der Waals surface area contributed by atoms with Crippen LogP contribution >= 0.6 is 0 Å². The maximum absolute atomic E-state index is 12.3. The number of amides is 1. The van der Waals surface area contributed by atoms with Crippen molar-refractivity contribution in [3.8, 4) is 11.5 Å². The lowest BCUT2D eigenvalue weighted by atomic mass is 10.1. The quantitative estimate of drug-likeness (QED) is 0.668. The average molecular weight is 351 g/mol. The lowest BCUT2D eigenvalue weighted by molar-refractivity contribution is -0.132. The van der Waals surface area contributed by atoms with Gasteiger partial charge in [0.15, 0.2) is 0 Å². The molecule has 0 aromatic heterocycles. The first-order valence-corrected chi connectivity index (χ1v) is 8.70. The van der Waals surface area contributed by atoms with Gasteiger partial charge in [0.2, 0.25) is 5.91 Å². The van der Waals surface area contributed by atoms with Crippen molar-refractivity contribution in [2.45, 2.75) is 13.0 Å². The van der Waals surface area contributed by atoms with Crippen molar-refractivity contribution in [2.75, 3.05) is 60.1 Å². The van der Waals surface area contributed by atoms with Crippen LogP contribution in [0.25, 0.3) is 0 Å². The van der Waals surface area contributed by atoms with Crippen LogP contribution in [0.4, 0.5) is 0 Å². The Morgan fingerprint density at radius 3 is 2.64 bits per heavy atom. The predicted octanol–water partition coefficient (Wildman–Crippen LogP) is 0.320. The normalized spacial score (nSPS) is 14.6. The van der Waals surface area contributed by atoms with Gasteiger partial charge in [0, 0.05) is 63.9 Å². The largest absolute Gasteiger partial charge is 0.497 e. The van der Waals surface area contributed by atoms with Crippen LogP contribution in [0, 0.1) is 0 Å². The Labute approximate surface area is 149 Å². The summed E-state index contributed by atoms with van der Waals surface area (Å²) in [7, 11) is 3.25. The molecule has 1 aliphatic rings. The zero-order valence-electron chi connectivity index (χ0n) is 15.2. The van der Waals surface area contributed by atoms with E-state index in [4.69, 9.17) is 9.47 Å². The molecule has 7 nitrogen and oxygen atoms in total. The molecule has 7 heteroatoms. The molecule has 0 aliphatic carbocycles. The molecule has 1 amide bonds. The third-order valence-corrected chi connectivity index (χ3v) is 4.42. The molecule has 0 bridgehead atoms. The number of hydrogen-bond acceptors (Lipinski definition) is 6. The van der Waals surface area contributed by atoms with Crippen molar-refractivity contribution >= 4 is 5.91 Å². The van der Waals surface area contributed by atoms with Crippen LogP contribution in [0.15, 0.2) is 18.2 Å². The maximum atomic E-state index is 12.3. The summed E-state index contributed by atoms with van der Waals surface area (Å²) in [6.07, 6.45) is 0.457. The Hall–Kier alpha value is -1.83. The number of ether oxygens (including phenoxy) is 2. The van der Waals surface area contributed by atoms with Crippen molar-refractivity contribution in [1.82, 2.24) is 15.1 Å². The molecule has 0 spiro atoms. The van der Waals surface area contributed by atoms with Gasteiger partial charge in [-0.15, -0.1) is 0 Å². The van der Waals surface area contributed by atoms with E-state index in [0.717, 1.165) is 43.2 Å². The topological polar surface area (TPSA) is 74.3 Å². The molecule has 1 aromatic carbocycles. The van der Waals surface area contributed by atoms with Crippen molar-refractivity contribution in [1.29, 1.82) is 0 Å². The van der Waals surface area contributed by atoms with Gasteiger partial charge < -0.3 is 24.8 Å². The van der Waals surface area contributed by atoms with E-state index in [2.05, 4.69) is 10.2 Å². The second-order valence-electron chi connectivity index (χ2n) is 6.06. The number of piperazine rings is 1. The first kappa shape index (κ1) is 19.5. The van der Waals surface area contributed by atoms with Crippen molar-refractivity contribution in [3.63, 3.8) is 0 Å². The first-order valence-electron chi connectivity index (χ1n) is 8.70. The average Bonchev–Trinajstić information content (AvgIpc) is 2.67. The van der Waals surface area contributed by atoms with Gasteiger partial charge in [-0.1, -0.05) is 6.07 Å². The van der Waals surface area contributed by atoms with E-state index in [-0.39, 0.29) is 12.5 Å². The molecule has 25 heavy (non-hydrogen) atoms. The summed E-state index contributed by atoms with van der Waals surface area (Å²) >= 11 is 0. The number of methoxy groups -OCH3 is 2. The highest BCUT2D eigenvalue weighted by Crippen LogP contribution is 2.25. The van der Waals surface area contributed by atoms with Crippen molar-refractivity contribution in [3.05, 3.63) is 23.8 Å². The Balaban J connectivity index is 1.94. The molecule has 0 saturated carbocycles. The number of carbonyl (C=O) groups excluding carboxylic acids is 1. The molecule has 1 fully saturated rings. The Morgan fingerprint density at radius 2 is 2.00 bits per heavy atom. The van der Waals surface area contributed by atoms with E-state index in [1.165, 1.54) is 0 Å². The molecular weight excluding hydrogens is 322 g/mol. The highest BCUT2D eigenvalue weighted by Gasteiger charge is 2.18. The SMILES string of the molecule is COc1ccc(CN(CCO)CCC(=O)N2CCNCC2)c(OC)c1. The number of aliphatic hydroxyl groups is 1. The fourth-order valence-corrected chi connectivity index (χ4v) is 2.96. The van der Waals surface area contributed by atoms with E-state index >= 15 is 0 Å². The molecule has 1 saturated heterocycles. The van der Waals surface area contributed by atoms with E-state index in [1.807, 2.05) is 23.1 Å². The summed E-state index contributed by atoms with van der Waals surface area (Å²) < 4.78 is 10.7. The first-order chi connectivity index (χ1) is 12.2. The number of nitrogens with one attached hydrogen (secondary N) is 1. The lowest BCUT2D eigenvalue weighted by Crippen LogP contribution is -2.47. The van der Waals surface area contributed by atoms with Crippen molar-refractivity contribution in [2.24, 2.45) is 0 Å². The second kappa shape index (κ2) is 10.2. The predicted molar refractivity (Wildman–Crippen MR) is 96.0 cm³/mol. The summed E-state index contributed by atoms with van der Waals surface area (Å²) in [5, 5.41) is 12.6. The van der Waals surface area contributed by atoms with Gasteiger partial charge in [-0.05, 0) is 6.07 Å². The van der Waals surface area contributed by atoms with E-state index < -0.39 is 0 Å². The zero-order valence-corrected chi connectivity index (χ0v) is 15.2. The summed E-state index contributed by atoms with van der Waals surface area (Å²) in [4.78, 5) is 16.3. The fraction of sp³-hybridized carbons (Fsp3) is 0.611. The van der Waals surface area contributed by atoms with Crippen molar-refractivity contribution < 1.29 is 19.4 Å². The van der Waals surface area contributed by atoms with Gasteiger partial charge in [-0.25, -0.2) is 0 Å². The standard InChI is InChI=1S/C18H29N3O4/c1-24-16-4-3-15(17(13-16)25-2)14-20(11-12-22)8-5-18(23)21-9-6-19-7-10-21/h3-4,13,19,22H,5-12,14H2,1-2H3. The number of nitrogens with zero attached hydrogens (tertiary/aromatic N) is 2. The molecule has 1 aromatic rings. The minimum Gasteiger partial charge on any atom is -0.497 e. The monoisotopic (exact) mass is 351 g/mol. The summed E-state index contributed by atoms with van der Waals surface area (Å²) in [5.74, 6) is 1.66. The van der Waals surface area contributed by atoms with Gasteiger partial charge in [0.25, 0.3) is 0 Å². The molecule has 1 aliphatic heterocycles. The van der Waals surface area contributed by atoms with Crippen LogP contribution in [0.2, 0.25) is 0 Å². The number of aliphatic hydroxyl groups excluding tert-OH is 1. The van der Waals surface area contributed by atoms with Gasteiger partial charge >= 0.3 is 0 Å². The molecule has 0 unspecified atom stereocenters. The minimum absolute atomic E-state index is 0.0558. The van der Waals surface area contributed by atoms with Crippen LogP contribution in [0.3, 0.4) is 0 Å². The van der Waals surface area contributed by atoms with E-state index in [0.29, 0.717) is 26.1 Å². The van der Waals surface area contributed by atoms with E-state index in [9.17, 15) is 9.90 Å². The summed E-state index contributed by atoms with van der Waals surface area (Å²) in [6.45, 7) is 5.05. The Morgan fingerprint density at radius 1 is 1.24 bits per heavy atom. The molecule has 2 N–H and O–H groups in total. The van der Waals surface area contributed by atoms with Gasteiger partial charge in [0.05, 0.1) is 20.8 Å². The highest BCUT2D eigenvalue weighted by atomic mass is 16.5. The van der Waals surface area contributed by atoms with Gasteiger partial charge in [-0.3, -0.25) is 9.69 Å².